The number of nitrogens with zero attached hydrogens (tertiary/aromatic N) is 5. The van der Waals surface area contributed by atoms with E-state index in [0.717, 1.165) is 0 Å². The van der Waals surface area contributed by atoms with E-state index in [-0.39, 0.29) is 0 Å². The smallest absolute Gasteiger partial charge is 0.187 e. The Morgan fingerprint density at radius 2 is 1.52 bits per heavy atom. The van der Waals surface area contributed by atoms with Crippen molar-refractivity contribution in [3.8, 4) is 0 Å². The minimum atomic E-state index is -2.11. The molecule has 10 unspecified atom stereocenters. The average Bonchev–Trinajstić information content (AvgIpc) is 3.16. The van der Waals surface area contributed by atoms with Gasteiger partial charge in [-0.25, -0.2) is 9.98 Å². The lowest BCUT2D eigenvalue weighted by Crippen LogP contribution is -2.66. The minimum Gasteiger partial charge on any atom is -0.394 e. The van der Waals surface area contributed by atoms with Crippen LogP contribution in [0, 0.1) is 0 Å². The normalized spacial score (nSPS) is 45.5. The quantitative estimate of drug-likeness (QED) is 0.0360. The number of aliphatic hydroxyl groups excluding tert-OH is 6. The SMILES string of the molecule is CNC1C(O[C@H]2[C@H](O[C@@H]3C(O)C(O)C(N=C(N)N)C(O)C3N=C(N)N)O[C@@H](C)[C@]2(O)CN=[N+]=[N-])OC(CO)C(O)C1O. The molecule has 0 bridgehead atoms. The van der Waals surface area contributed by atoms with Gasteiger partial charge >= 0.3 is 0 Å². The summed E-state index contributed by atoms with van der Waals surface area (Å²) >= 11 is 0. The second-order valence-electron chi connectivity index (χ2n) is 10.3. The molecule has 15 atom stereocenters. The molecule has 0 radical (unpaired) electrons. The van der Waals surface area contributed by atoms with Crippen molar-refractivity contribution < 1.29 is 54.7 Å². The summed E-state index contributed by atoms with van der Waals surface area (Å²) in [5.41, 5.74) is 28.7. The zero-order valence-corrected chi connectivity index (χ0v) is 22.8. The number of aliphatic imine (C=N–C) groups is 2. The van der Waals surface area contributed by atoms with Crippen molar-refractivity contribution in [2.45, 2.75) is 98.2 Å². The lowest BCUT2D eigenvalue weighted by molar-refractivity contribution is -0.316. The predicted molar refractivity (Wildman–Crippen MR) is 141 cm³/mol. The summed E-state index contributed by atoms with van der Waals surface area (Å²) in [6, 6.07) is -4.06. The molecule has 3 rings (SSSR count). The van der Waals surface area contributed by atoms with E-state index in [1.807, 2.05) is 0 Å². The fourth-order valence-electron chi connectivity index (χ4n) is 5.32. The van der Waals surface area contributed by atoms with E-state index in [4.69, 9.17) is 47.4 Å². The van der Waals surface area contributed by atoms with Crippen LogP contribution in [0.2, 0.25) is 0 Å². The summed E-state index contributed by atoms with van der Waals surface area (Å²) in [6.07, 6.45) is -17.1. The zero-order chi connectivity index (χ0) is 31.5. The van der Waals surface area contributed by atoms with Crippen molar-refractivity contribution in [1.82, 2.24) is 5.32 Å². The minimum absolute atomic E-state index is 0.502. The van der Waals surface area contributed by atoms with Crippen molar-refractivity contribution >= 4 is 11.9 Å². The molecule has 2 aliphatic heterocycles. The van der Waals surface area contributed by atoms with Gasteiger partial charge in [0.25, 0.3) is 0 Å². The molecule has 0 aromatic rings. The molecule has 21 heteroatoms. The highest BCUT2D eigenvalue weighted by Gasteiger charge is 2.60. The van der Waals surface area contributed by atoms with Gasteiger partial charge in [0.05, 0.1) is 25.3 Å². The molecule has 0 amide bonds. The van der Waals surface area contributed by atoms with Crippen LogP contribution in [-0.4, -0.2) is 159 Å². The fraction of sp³-hybridized carbons (Fsp3) is 0.905. The van der Waals surface area contributed by atoms with Crippen molar-refractivity contribution in [1.29, 1.82) is 0 Å². The van der Waals surface area contributed by atoms with Gasteiger partial charge in [-0.05, 0) is 19.5 Å². The van der Waals surface area contributed by atoms with Crippen LogP contribution >= 0.6 is 0 Å². The number of rotatable bonds is 10. The third-order valence-corrected chi connectivity index (χ3v) is 7.62. The van der Waals surface area contributed by atoms with Crippen molar-refractivity contribution in [3.05, 3.63) is 10.4 Å². The van der Waals surface area contributed by atoms with E-state index in [2.05, 4.69) is 25.3 Å². The predicted octanol–water partition coefficient (Wildman–Crippen LogP) is -7.05. The number of ether oxygens (including phenoxy) is 4. The number of nitrogens with two attached hydrogens (primary N) is 4. The maximum absolute atomic E-state index is 11.6. The van der Waals surface area contributed by atoms with Crippen LogP contribution in [0.1, 0.15) is 6.92 Å². The molecule has 0 aromatic carbocycles. The molecule has 0 spiro atoms. The van der Waals surface area contributed by atoms with Crippen LogP contribution in [0.25, 0.3) is 10.4 Å². The Morgan fingerprint density at radius 3 is 2.07 bits per heavy atom. The molecule has 2 saturated heterocycles. The molecule has 2 heterocycles. The van der Waals surface area contributed by atoms with E-state index < -0.39 is 116 Å². The van der Waals surface area contributed by atoms with Gasteiger partial charge in [-0.1, -0.05) is 5.11 Å². The van der Waals surface area contributed by atoms with Gasteiger partial charge in [0.15, 0.2) is 24.5 Å². The topological polar surface area (TPSA) is 368 Å². The van der Waals surface area contributed by atoms with Gasteiger partial charge in [0.1, 0.15) is 66.5 Å². The summed E-state index contributed by atoms with van der Waals surface area (Å²) < 4.78 is 23.4. The molecule has 240 valence electrons. The molecular formula is C21H40N10O11. The fourth-order valence-corrected chi connectivity index (χ4v) is 5.32. The molecule has 16 N–H and O–H groups in total. The van der Waals surface area contributed by atoms with Crippen LogP contribution in [0.4, 0.5) is 0 Å². The lowest BCUT2D eigenvalue weighted by Gasteiger charge is -2.45. The zero-order valence-electron chi connectivity index (χ0n) is 22.8. The molecule has 1 saturated carbocycles. The highest BCUT2D eigenvalue weighted by Crippen LogP contribution is 2.39. The number of likely N-dealkylation sites (N-methyl/N-ethyl adjacent to an activating group) is 1. The average molecular weight is 609 g/mol. The van der Waals surface area contributed by atoms with Crippen LogP contribution in [0.5, 0.6) is 0 Å². The van der Waals surface area contributed by atoms with Gasteiger partial charge in [0.2, 0.25) is 0 Å². The first kappa shape index (κ1) is 33.9. The molecule has 0 aromatic heterocycles. The second kappa shape index (κ2) is 13.8. The number of hydrogen-bond donors (Lipinski definition) is 12. The Hall–Kier alpha value is -2.63. The van der Waals surface area contributed by atoms with E-state index in [9.17, 15) is 35.7 Å². The third-order valence-electron chi connectivity index (χ3n) is 7.62. The molecule has 42 heavy (non-hydrogen) atoms. The number of hydrogen-bond acceptors (Lipinski definition) is 15. The van der Waals surface area contributed by atoms with Crippen LogP contribution in [-0.2, 0) is 18.9 Å². The van der Waals surface area contributed by atoms with Gasteiger partial charge in [0, 0.05) is 4.91 Å². The number of aliphatic hydroxyl groups is 7. The van der Waals surface area contributed by atoms with Crippen LogP contribution < -0.4 is 28.3 Å². The maximum Gasteiger partial charge on any atom is 0.187 e. The van der Waals surface area contributed by atoms with Gasteiger partial charge < -0.3 is 82.9 Å². The number of nitrogens with one attached hydrogen (secondary N) is 1. The largest absolute Gasteiger partial charge is 0.394 e. The third kappa shape index (κ3) is 6.63. The molecule has 21 nitrogen and oxygen atoms in total. The summed E-state index contributed by atoms with van der Waals surface area (Å²) in [5.74, 6) is -1.03. The highest BCUT2D eigenvalue weighted by atomic mass is 16.8. The van der Waals surface area contributed by atoms with Gasteiger partial charge in [-0.2, -0.15) is 0 Å². The molecular weight excluding hydrogens is 568 g/mol. The number of azide groups is 1. The van der Waals surface area contributed by atoms with E-state index in [1.54, 1.807) is 0 Å². The molecule has 1 aliphatic carbocycles. The first-order valence-corrected chi connectivity index (χ1v) is 12.9. The summed E-state index contributed by atoms with van der Waals surface area (Å²) in [7, 11) is 1.43. The summed E-state index contributed by atoms with van der Waals surface area (Å²) in [5, 5.41) is 81.0. The Kier molecular flexibility index (Phi) is 11.1. The van der Waals surface area contributed by atoms with E-state index in [1.165, 1.54) is 14.0 Å². The second-order valence-corrected chi connectivity index (χ2v) is 10.3. The van der Waals surface area contributed by atoms with E-state index >= 15 is 0 Å². The molecule has 3 fully saturated rings. The number of guanidine groups is 2. The molecule has 3 aliphatic rings. The van der Waals surface area contributed by atoms with Crippen LogP contribution in [0.3, 0.4) is 0 Å². The summed E-state index contributed by atoms with van der Waals surface area (Å²) in [4.78, 5) is 10.3. The lowest BCUT2D eigenvalue weighted by atomic mass is 9.81. The first-order chi connectivity index (χ1) is 19.7. The Labute approximate surface area is 239 Å². The van der Waals surface area contributed by atoms with Crippen molar-refractivity contribution in [3.63, 3.8) is 0 Å². The van der Waals surface area contributed by atoms with Crippen LogP contribution in [0.15, 0.2) is 15.1 Å². The maximum atomic E-state index is 11.6. The van der Waals surface area contributed by atoms with Gasteiger partial charge in [-0.3, -0.25) is 0 Å². The van der Waals surface area contributed by atoms with Crippen molar-refractivity contribution in [2.75, 3.05) is 20.2 Å². The van der Waals surface area contributed by atoms with Gasteiger partial charge in [-0.15, -0.1) is 0 Å². The summed E-state index contributed by atoms with van der Waals surface area (Å²) in [6.45, 7) is 0.0988. The monoisotopic (exact) mass is 608 g/mol. The first-order valence-electron chi connectivity index (χ1n) is 12.9. The van der Waals surface area contributed by atoms with E-state index in [0.29, 0.717) is 0 Å². The standard InChI is InChI=1S/C21H40N10O11/c1-5-21(38,4-28-31-26)16(42-17-9(27-2)13(36)10(33)6(3-32)40-17)18(39-5)41-15-8(30-20(24)25)11(34)7(29-19(22)23)12(35)14(15)37/h5-18,27,32-38H,3-4H2,1-2H3,(H4,22,23,29)(H4,24,25,30)/t5-,6?,7?,8?,9?,10?,11?,12?,13?,14?,15-,16-,17?,18-,21+/m0/s1. The Bertz CT molecular complexity index is 1030. The Balaban J connectivity index is 2.01. The highest BCUT2D eigenvalue weighted by molar-refractivity contribution is 5.76. The Morgan fingerprint density at radius 1 is 0.905 bits per heavy atom. The van der Waals surface area contributed by atoms with Crippen molar-refractivity contribution in [2.24, 2.45) is 38.0 Å².